The first-order valence-electron chi connectivity index (χ1n) is 9.44. The molecule has 0 spiro atoms. The van der Waals surface area contributed by atoms with Gasteiger partial charge >= 0.3 is 0 Å². The molecule has 1 saturated heterocycles. The van der Waals surface area contributed by atoms with E-state index in [-0.39, 0.29) is 5.92 Å². The second-order valence-electron chi connectivity index (χ2n) is 7.24. The van der Waals surface area contributed by atoms with Crippen molar-refractivity contribution in [2.75, 3.05) is 13.1 Å². The summed E-state index contributed by atoms with van der Waals surface area (Å²) in [5.41, 5.74) is 1.69. The Kier molecular flexibility index (Phi) is 5.08. The number of hydrogen-bond donors (Lipinski definition) is 0. The summed E-state index contributed by atoms with van der Waals surface area (Å²) in [6.07, 6.45) is 3.18. The number of piperidine rings is 1. The monoisotopic (exact) mass is 398 g/mol. The van der Waals surface area contributed by atoms with Crippen molar-refractivity contribution in [3.8, 4) is 11.3 Å². The van der Waals surface area contributed by atoms with E-state index in [1.807, 2.05) is 6.92 Å². The largest absolute Gasteiger partial charge is 0.356 e. The van der Waals surface area contributed by atoms with Crippen LogP contribution in [0.2, 0.25) is 0 Å². The second-order valence-corrected chi connectivity index (χ2v) is 7.24. The molecule has 0 radical (unpaired) electrons. The molecule has 1 aromatic carbocycles. The Morgan fingerprint density at radius 1 is 1.24 bits per heavy atom. The molecule has 1 fully saturated rings. The van der Waals surface area contributed by atoms with Crippen molar-refractivity contribution in [1.82, 2.24) is 20.0 Å². The predicted octanol–water partition coefficient (Wildman–Crippen LogP) is 4.05. The van der Waals surface area contributed by atoms with E-state index in [0.717, 1.165) is 29.9 Å². The molecule has 0 N–H and O–H groups in total. The number of halogens is 2. The van der Waals surface area contributed by atoms with Gasteiger partial charge in [-0.25, -0.2) is 18.7 Å². The maximum Gasteiger partial charge on any atom is 0.259 e. The van der Waals surface area contributed by atoms with Gasteiger partial charge in [-0.3, -0.25) is 4.79 Å². The summed E-state index contributed by atoms with van der Waals surface area (Å²) < 4.78 is 33.6. The molecule has 1 aliphatic rings. The van der Waals surface area contributed by atoms with Crippen LogP contribution in [0.15, 0.2) is 35.0 Å². The lowest BCUT2D eigenvalue weighted by Crippen LogP contribution is -2.40. The molecular weight excluding hydrogens is 378 g/mol. The van der Waals surface area contributed by atoms with Gasteiger partial charge in [0.1, 0.15) is 23.0 Å². The van der Waals surface area contributed by atoms with Crippen LogP contribution in [-0.2, 0) is 0 Å². The number of hydrogen-bond acceptors (Lipinski definition) is 5. The normalized spacial score (nSPS) is 16.8. The first-order valence-corrected chi connectivity index (χ1v) is 9.44. The molecule has 1 atom stereocenters. The number of amides is 1. The van der Waals surface area contributed by atoms with Gasteiger partial charge in [0.25, 0.3) is 5.91 Å². The molecule has 2 aromatic heterocycles. The van der Waals surface area contributed by atoms with E-state index in [0.29, 0.717) is 36.7 Å². The Bertz CT molecular complexity index is 1050. The van der Waals surface area contributed by atoms with Crippen molar-refractivity contribution in [3.63, 3.8) is 0 Å². The fraction of sp³-hybridized carbons (Fsp3) is 0.333. The zero-order chi connectivity index (χ0) is 20.5. The summed E-state index contributed by atoms with van der Waals surface area (Å²) in [4.78, 5) is 23.2. The van der Waals surface area contributed by atoms with Gasteiger partial charge in [0, 0.05) is 31.3 Å². The maximum atomic E-state index is 14.1. The van der Waals surface area contributed by atoms with Crippen molar-refractivity contribution >= 4 is 5.91 Å². The third kappa shape index (κ3) is 3.74. The molecule has 150 valence electrons. The topological polar surface area (TPSA) is 72.1 Å². The van der Waals surface area contributed by atoms with E-state index in [1.54, 1.807) is 19.2 Å². The number of likely N-dealkylation sites (tertiary alicyclic amines) is 1. The number of rotatable bonds is 3. The van der Waals surface area contributed by atoms with Crippen LogP contribution in [0.5, 0.6) is 0 Å². The molecule has 3 aromatic rings. The van der Waals surface area contributed by atoms with Crippen molar-refractivity contribution in [2.45, 2.75) is 32.6 Å². The zero-order valence-corrected chi connectivity index (χ0v) is 16.2. The highest BCUT2D eigenvalue weighted by molar-refractivity contribution is 5.94. The summed E-state index contributed by atoms with van der Waals surface area (Å²) in [5.74, 6) is -1.30. The summed E-state index contributed by atoms with van der Waals surface area (Å²) in [7, 11) is 0. The van der Waals surface area contributed by atoms with Gasteiger partial charge in [0.05, 0.1) is 17.0 Å². The Hall–Kier alpha value is -3.16. The standard InChI is InChI=1S/C21H20F2N4O2/c1-12-9-18(29-26-12)15-10-24-13(2)25-20(15)14-5-4-8-27(11-14)21(28)19-16(22)6-3-7-17(19)23/h3,6-7,9-10,14H,4-5,8,11H2,1-2H3. The lowest BCUT2D eigenvalue weighted by Gasteiger charge is -2.33. The molecule has 3 heterocycles. The SMILES string of the molecule is Cc1cc(-c2cnc(C)nc2C2CCCN(C(=O)c3c(F)cccc3F)C2)on1. The number of aryl methyl sites for hydroxylation is 2. The van der Waals surface area contributed by atoms with Crippen molar-refractivity contribution in [1.29, 1.82) is 0 Å². The molecular formula is C21H20F2N4O2. The first kappa shape index (κ1) is 19.2. The predicted molar refractivity (Wildman–Crippen MR) is 101 cm³/mol. The highest BCUT2D eigenvalue weighted by Crippen LogP contribution is 2.34. The lowest BCUT2D eigenvalue weighted by molar-refractivity contribution is 0.0696. The lowest BCUT2D eigenvalue weighted by atomic mass is 9.91. The smallest absolute Gasteiger partial charge is 0.259 e. The van der Waals surface area contributed by atoms with E-state index in [2.05, 4.69) is 15.1 Å². The minimum absolute atomic E-state index is 0.107. The fourth-order valence-electron chi connectivity index (χ4n) is 3.72. The summed E-state index contributed by atoms with van der Waals surface area (Å²) in [6, 6.07) is 5.24. The van der Waals surface area contributed by atoms with E-state index in [1.165, 1.54) is 11.0 Å². The minimum Gasteiger partial charge on any atom is -0.356 e. The van der Waals surface area contributed by atoms with E-state index < -0.39 is 23.1 Å². The summed E-state index contributed by atoms with van der Waals surface area (Å²) in [6.45, 7) is 4.36. The van der Waals surface area contributed by atoms with Crippen LogP contribution < -0.4 is 0 Å². The molecule has 8 heteroatoms. The van der Waals surface area contributed by atoms with Gasteiger partial charge in [-0.1, -0.05) is 11.2 Å². The average molecular weight is 398 g/mol. The third-order valence-electron chi connectivity index (χ3n) is 5.10. The number of carbonyl (C=O) groups excluding carboxylic acids is 1. The Morgan fingerprint density at radius 3 is 2.69 bits per heavy atom. The zero-order valence-electron chi connectivity index (χ0n) is 16.2. The molecule has 1 aliphatic heterocycles. The van der Waals surface area contributed by atoms with Gasteiger partial charge in [-0.2, -0.15) is 0 Å². The van der Waals surface area contributed by atoms with Crippen LogP contribution >= 0.6 is 0 Å². The van der Waals surface area contributed by atoms with Crippen LogP contribution in [0, 0.1) is 25.5 Å². The van der Waals surface area contributed by atoms with Crippen LogP contribution in [0.3, 0.4) is 0 Å². The highest BCUT2D eigenvalue weighted by atomic mass is 19.1. The van der Waals surface area contributed by atoms with Gasteiger partial charge in [0.15, 0.2) is 5.76 Å². The summed E-state index contributed by atoms with van der Waals surface area (Å²) >= 11 is 0. The van der Waals surface area contributed by atoms with E-state index in [9.17, 15) is 13.6 Å². The molecule has 0 aliphatic carbocycles. The van der Waals surface area contributed by atoms with Crippen LogP contribution in [0.1, 0.15) is 46.3 Å². The van der Waals surface area contributed by atoms with Gasteiger partial charge < -0.3 is 9.42 Å². The first-order chi connectivity index (χ1) is 13.9. The maximum absolute atomic E-state index is 14.1. The minimum atomic E-state index is -0.854. The molecule has 1 unspecified atom stereocenters. The van der Waals surface area contributed by atoms with Crippen LogP contribution in [-0.4, -0.2) is 39.0 Å². The third-order valence-corrected chi connectivity index (χ3v) is 5.10. The number of aromatic nitrogens is 3. The van der Waals surface area contributed by atoms with E-state index in [4.69, 9.17) is 4.52 Å². The number of carbonyl (C=O) groups is 1. The highest BCUT2D eigenvalue weighted by Gasteiger charge is 2.31. The molecule has 0 saturated carbocycles. The summed E-state index contributed by atoms with van der Waals surface area (Å²) in [5, 5.41) is 3.93. The Labute approximate surface area is 166 Å². The van der Waals surface area contributed by atoms with Crippen LogP contribution in [0.4, 0.5) is 8.78 Å². The van der Waals surface area contributed by atoms with Crippen molar-refractivity contribution in [3.05, 3.63) is 64.9 Å². The molecule has 29 heavy (non-hydrogen) atoms. The molecule has 4 rings (SSSR count). The number of benzene rings is 1. The quantitative estimate of drug-likeness (QED) is 0.666. The molecule has 0 bridgehead atoms. The van der Waals surface area contributed by atoms with Gasteiger partial charge in [0.2, 0.25) is 0 Å². The van der Waals surface area contributed by atoms with Crippen molar-refractivity contribution < 1.29 is 18.1 Å². The fourth-order valence-corrected chi connectivity index (χ4v) is 3.72. The van der Waals surface area contributed by atoms with Gasteiger partial charge in [-0.15, -0.1) is 0 Å². The second kappa shape index (κ2) is 7.69. The van der Waals surface area contributed by atoms with Crippen LogP contribution in [0.25, 0.3) is 11.3 Å². The number of nitrogens with zero attached hydrogens (tertiary/aromatic N) is 4. The Morgan fingerprint density at radius 2 is 2.00 bits per heavy atom. The Balaban J connectivity index is 1.66. The van der Waals surface area contributed by atoms with E-state index >= 15 is 0 Å². The van der Waals surface area contributed by atoms with Crippen molar-refractivity contribution in [2.24, 2.45) is 0 Å². The molecule has 1 amide bonds. The average Bonchev–Trinajstić information content (AvgIpc) is 3.14. The van der Waals surface area contributed by atoms with Gasteiger partial charge in [-0.05, 0) is 38.8 Å². The molecule has 6 nitrogen and oxygen atoms in total.